The van der Waals surface area contributed by atoms with E-state index < -0.39 is 41.4 Å². The number of ketones is 2. The van der Waals surface area contributed by atoms with Gasteiger partial charge in [0.2, 0.25) is 17.6 Å². The van der Waals surface area contributed by atoms with Crippen molar-refractivity contribution in [2.24, 2.45) is 29.1 Å². The summed E-state index contributed by atoms with van der Waals surface area (Å²) in [5.41, 5.74) is -0.809. The largest absolute Gasteiger partial charge is 0.444 e. The molecule has 0 aromatic heterocycles. The van der Waals surface area contributed by atoms with Gasteiger partial charge in [-0.2, -0.15) is 0 Å². The minimum Gasteiger partial charge on any atom is -0.444 e. The van der Waals surface area contributed by atoms with Gasteiger partial charge in [0.1, 0.15) is 17.7 Å². The standard InChI is InChI=1S/C30H47N3O6/c1-17(34)25(35)21(15-18-11-10-12-18)31-26(36)24-22-20(30(22,5)6)16-33(24)27(37)23(19-13-8-7-9-14-19)32-28(38)39-29(2,3)4/h18-24H,7-16H2,1-6H3,(H,31,36)(H,32,38)/t20-,21?,22-,23-,24-/m0/s1. The SMILES string of the molecule is CC(=O)C(=O)C(CC1CCC1)NC(=O)[C@@H]1[C@@H]2[C@H](CN1C(=O)[C@@H](NC(=O)OC(C)(C)C)C1CCCCC1)C2(C)C. The third-order valence-electron chi connectivity index (χ3n) is 9.59. The van der Waals surface area contributed by atoms with Crippen molar-refractivity contribution >= 4 is 29.5 Å². The molecule has 0 bridgehead atoms. The topological polar surface area (TPSA) is 122 Å². The van der Waals surface area contributed by atoms with Crippen LogP contribution in [0, 0.1) is 29.1 Å². The molecular formula is C30H47N3O6. The quantitative estimate of drug-likeness (QED) is 0.425. The second kappa shape index (κ2) is 11.2. The molecule has 0 radical (unpaired) electrons. The molecular weight excluding hydrogens is 498 g/mol. The van der Waals surface area contributed by atoms with Gasteiger partial charge in [-0.3, -0.25) is 19.2 Å². The van der Waals surface area contributed by atoms with Crippen LogP contribution in [0.25, 0.3) is 0 Å². The van der Waals surface area contributed by atoms with Crippen LogP contribution >= 0.6 is 0 Å². The van der Waals surface area contributed by atoms with Crippen molar-refractivity contribution in [2.45, 2.75) is 123 Å². The molecule has 0 aromatic carbocycles. The predicted octanol–water partition coefficient (Wildman–Crippen LogP) is 3.78. The van der Waals surface area contributed by atoms with Crippen molar-refractivity contribution in [1.29, 1.82) is 0 Å². The van der Waals surface area contributed by atoms with Crippen molar-refractivity contribution in [3.05, 3.63) is 0 Å². The Kier molecular flexibility index (Phi) is 8.48. The Bertz CT molecular complexity index is 991. The third kappa shape index (κ3) is 6.49. The van der Waals surface area contributed by atoms with Crippen LogP contribution in [-0.4, -0.2) is 64.6 Å². The van der Waals surface area contributed by atoms with Crippen LogP contribution < -0.4 is 10.6 Å². The summed E-state index contributed by atoms with van der Waals surface area (Å²) in [5, 5.41) is 5.76. The van der Waals surface area contributed by atoms with Gasteiger partial charge in [0, 0.05) is 13.5 Å². The van der Waals surface area contributed by atoms with Gasteiger partial charge >= 0.3 is 6.09 Å². The number of alkyl carbamates (subject to hydrolysis) is 1. The fraction of sp³-hybridized carbons (Fsp3) is 0.833. The number of rotatable bonds is 9. The highest BCUT2D eigenvalue weighted by atomic mass is 16.6. The highest BCUT2D eigenvalue weighted by molar-refractivity contribution is 6.38. The molecule has 4 fully saturated rings. The maximum absolute atomic E-state index is 14.2. The summed E-state index contributed by atoms with van der Waals surface area (Å²) in [7, 11) is 0. The van der Waals surface area contributed by atoms with E-state index in [1.807, 2.05) is 0 Å². The molecule has 39 heavy (non-hydrogen) atoms. The van der Waals surface area contributed by atoms with E-state index in [2.05, 4.69) is 24.5 Å². The number of ether oxygens (including phenoxy) is 1. The first-order valence-corrected chi connectivity index (χ1v) is 14.9. The normalized spacial score (nSPS) is 27.9. The monoisotopic (exact) mass is 545 g/mol. The smallest absolute Gasteiger partial charge is 0.408 e. The number of hydrogen-bond acceptors (Lipinski definition) is 6. The fourth-order valence-electron chi connectivity index (χ4n) is 7.07. The second-order valence-corrected chi connectivity index (χ2v) is 13.9. The summed E-state index contributed by atoms with van der Waals surface area (Å²) >= 11 is 0. The predicted molar refractivity (Wildman–Crippen MR) is 146 cm³/mol. The van der Waals surface area contributed by atoms with Crippen LogP contribution in [0.2, 0.25) is 0 Å². The fourth-order valence-corrected chi connectivity index (χ4v) is 7.07. The minimum absolute atomic E-state index is 0.0296. The van der Waals surface area contributed by atoms with Gasteiger partial charge in [-0.15, -0.1) is 0 Å². The molecule has 2 N–H and O–H groups in total. The summed E-state index contributed by atoms with van der Waals surface area (Å²) in [6.45, 7) is 11.2. The number of amides is 3. The van der Waals surface area contributed by atoms with Gasteiger partial charge in [-0.1, -0.05) is 52.4 Å². The van der Waals surface area contributed by atoms with Crippen LogP contribution in [0.3, 0.4) is 0 Å². The van der Waals surface area contributed by atoms with E-state index in [1.54, 1.807) is 25.7 Å². The Morgan fingerprint density at radius 1 is 0.949 bits per heavy atom. The molecule has 1 saturated heterocycles. The Morgan fingerprint density at radius 2 is 1.59 bits per heavy atom. The second-order valence-electron chi connectivity index (χ2n) is 13.9. The van der Waals surface area contributed by atoms with E-state index in [1.165, 1.54) is 6.92 Å². The molecule has 3 aliphatic carbocycles. The molecule has 4 rings (SSSR count). The van der Waals surface area contributed by atoms with Crippen molar-refractivity contribution in [3.8, 4) is 0 Å². The summed E-state index contributed by atoms with van der Waals surface area (Å²) in [5.74, 6) is -1.36. The molecule has 9 nitrogen and oxygen atoms in total. The third-order valence-corrected chi connectivity index (χ3v) is 9.59. The average molecular weight is 546 g/mol. The van der Waals surface area contributed by atoms with Gasteiger partial charge in [-0.05, 0) is 69.1 Å². The van der Waals surface area contributed by atoms with Gasteiger partial charge < -0.3 is 20.3 Å². The van der Waals surface area contributed by atoms with Crippen molar-refractivity contribution in [3.63, 3.8) is 0 Å². The first-order valence-electron chi connectivity index (χ1n) is 14.9. The lowest BCUT2D eigenvalue weighted by Gasteiger charge is -2.37. The number of carbonyl (C=O) groups is 5. The van der Waals surface area contributed by atoms with E-state index in [-0.39, 0.29) is 35.0 Å². The van der Waals surface area contributed by atoms with Gasteiger partial charge in [0.05, 0.1) is 6.04 Å². The van der Waals surface area contributed by atoms with Gasteiger partial charge in [-0.25, -0.2) is 4.79 Å². The van der Waals surface area contributed by atoms with Crippen molar-refractivity contribution < 1.29 is 28.7 Å². The number of hydrogen-bond donors (Lipinski definition) is 2. The molecule has 1 unspecified atom stereocenters. The van der Waals surface area contributed by atoms with Crippen LogP contribution in [0.5, 0.6) is 0 Å². The lowest BCUT2D eigenvalue weighted by Crippen LogP contribution is -2.59. The number of carbonyl (C=O) groups excluding carboxylic acids is 5. The molecule has 9 heteroatoms. The van der Waals surface area contributed by atoms with E-state index in [0.717, 1.165) is 51.4 Å². The van der Waals surface area contributed by atoms with Gasteiger partial charge in [0.15, 0.2) is 5.78 Å². The number of likely N-dealkylation sites (tertiary alicyclic amines) is 1. The summed E-state index contributed by atoms with van der Waals surface area (Å²) in [6.07, 6.45) is 7.62. The lowest BCUT2D eigenvalue weighted by atomic mass is 9.79. The zero-order valence-electron chi connectivity index (χ0n) is 24.5. The first kappa shape index (κ1) is 29.5. The Morgan fingerprint density at radius 3 is 2.13 bits per heavy atom. The number of nitrogens with one attached hydrogen (secondary N) is 2. The summed E-state index contributed by atoms with van der Waals surface area (Å²) in [6, 6.07) is -2.39. The Balaban J connectivity index is 1.55. The van der Waals surface area contributed by atoms with E-state index in [9.17, 15) is 24.0 Å². The van der Waals surface area contributed by atoms with Crippen molar-refractivity contribution in [1.82, 2.24) is 15.5 Å². The molecule has 3 amide bonds. The lowest BCUT2D eigenvalue weighted by molar-refractivity contribution is -0.144. The van der Waals surface area contributed by atoms with E-state index in [0.29, 0.717) is 18.9 Å². The van der Waals surface area contributed by atoms with Crippen LogP contribution in [0.4, 0.5) is 4.79 Å². The Labute approximate surface area is 232 Å². The zero-order valence-corrected chi connectivity index (χ0v) is 24.5. The molecule has 218 valence electrons. The number of nitrogens with zero attached hydrogens (tertiary/aromatic N) is 1. The molecule has 1 aliphatic heterocycles. The molecule has 4 aliphatic rings. The molecule has 0 aromatic rings. The number of piperidine rings is 1. The minimum atomic E-state index is -0.868. The van der Waals surface area contributed by atoms with Gasteiger partial charge in [0.25, 0.3) is 0 Å². The highest BCUT2D eigenvalue weighted by Crippen LogP contribution is 2.65. The summed E-state index contributed by atoms with van der Waals surface area (Å²) < 4.78 is 5.49. The van der Waals surface area contributed by atoms with E-state index >= 15 is 0 Å². The number of fused-ring (bicyclic) bond motifs is 1. The molecule has 0 spiro atoms. The van der Waals surface area contributed by atoms with E-state index in [4.69, 9.17) is 4.74 Å². The van der Waals surface area contributed by atoms with Crippen LogP contribution in [0.1, 0.15) is 99.3 Å². The summed E-state index contributed by atoms with van der Waals surface area (Å²) in [4.78, 5) is 67.1. The maximum atomic E-state index is 14.2. The molecule has 5 atom stereocenters. The maximum Gasteiger partial charge on any atom is 0.408 e. The molecule has 1 heterocycles. The number of Topliss-reactive ketones (excluding diaryl/α,β-unsaturated/α-hetero) is 2. The average Bonchev–Trinajstić information content (AvgIpc) is 3.15. The highest BCUT2D eigenvalue weighted by Gasteiger charge is 2.69. The van der Waals surface area contributed by atoms with Crippen LogP contribution in [-0.2, 0) is 23.9 Å². The zero-order chi connectivity index (χ0) is 28.7. The molecule has 3 saturated carbocycles. The Hall–Kier alpha value is -2.45. The first-order chi connectivity index (χ1) is 18.2. The van der Waals surface area contributed by atoms with Crippen molar-refractivity contribution in [2.75, 3.05) is 6.54 Å². The van der Waals surface area contributed by atoms with Crippen LogP contribution in [0.15, 0.2) is 0 Å².